The molecule has 0 amide bonds. The van der Waals surface area contributed by atoms with Gasteiger partial charge in [-0.1, -0.05) is 18.2 Å². The summed E-state index contributed by atoms with van der Waals surface area (Å²) in [6, 6.07) is 7.48. The van der Waals surface area contributed by atoms with Crippen LogP contribution in [0.2, 0.25) is 0 Å². The molecule has 0 aliphatic rings. The molecular weight excluding hydrogens is 281 g/mol. The monoisotopic (exact) mass is 296 g/mol. The molecule has 1 aromatic heterocycles. The molecule has 1 atom stereocenters. The quantitative estimate of drug-likeness (QED) is 0.936. The van der Waals surface area contributed by atoms with Crippen LogP contribution in [0.3, 0.4) is 0 Å². The first-order chi connectivity index (χ1) is 9.92. The van der Waals surface area contributed by atoms with Crippen LogP contribution in [-0.4, -0.2) is 18.4 Å². The van der Waals surface area contributed by atoms with Crippen LogP contribution >= 0.6 is 0 Å². The largest absolute Gasteiger partial charge is 0.573 e. The second-order valence-electron chi connectivity index (χ2n) is 4.54. The molecule has 21 heavy (non-hydrogen) atoms. The second kappa shape index (κ2) is 6.13. The molecule has 0 saturated heterocycles. The highest BCUT2D eigenvalue weighted by Gasteiger charge is 2.33. The van der Waals surface area contributed by atoms with Gasteiger partial charge in [-0.15, -0.1) is 13.2 Å². The van der Waals surface area contributed by atoms with Crippen LogP contribution in [0.4, 0.5) is 13.2 Å². The van der Waals surface area contributed by atoms with Gasteiger partial charge in [0.25, 0.3) is 0 Å². The van der Waals surface area contributed by atoms with Crippen LogP contribution in [-0.2, 0) is 0 Å². The van der Waals surface area contributed by atoms with E-state index in [1.807, 2.05) is 6.92 Å². The summed E-state index contributed by atoms with van der Waals surface area (Å²) >= 11 is 0. The van der Waals surface area contributed by atoms with E-state index in [9.17, 15) is 13.2 Å². The van der Waals surface area contributed by atoms with E-state index in [4.69, 9.17) is 0 Å². The maximum absolute atomic E-state index is 12.5. The maximum atomic E-state index is 12.5. The van der Waals surface area contributed by atoms with Gasteiger partial charge in [-0.25, -0.2) is 0 Å². The minimum absolute atomic E-state index is 0.208. The van der Waals surface area contributed by atoms with Gasteiger partial charge in [0.2, 0.25) is 0 Å². The Balaban J connectivity index is 2.46. The van der Waals surface area contributed by atoms with E-state index < -0.39 is 12.4 Å². The molecule has 6 heteroatoms. The highest BCUT2D eigenvalue weighted by Crippen LogP contribution is 2.33. The molecule has 0 aliphatic carbocycles. The highest BCUT2D eigenvalue weighted by atomic mass is 19.4. The standard InChI is InChI=1S/C15H15F3N2O/c1-10-9-20-8-7-11(10)14(19-2)12-5-3-4-6-13(12)21-15(16,17)18/h3-9,14,19H,1-2H3. The van der Waals surface area contributed by atoms with Gasteiger partial charge in [-0.2, -0.15) is 0 Å². The summed E-state index contributed by atoms with van der Waals surface area (Å²) in [7, 11) is 1.69. The molecule has 2 rings (SSSR count). The zero-order valence-electron chi connectivity index (χ0n) is 11.6. The molecule has 0 bridgehead atoms. The van der Waals surface area contributed by atoms with Gasteiger partial charge in [0.15, 0.2) is 0 Å². The average molecular weight is 296 g/mol. The van der Waals surface area contributed by atoms with E-state index in [1.54, 1.807) is 37.6 Å². The summed E-state index contributed by atoms with van der Waals surface area (Å²) in [5.74, 6) is -0.208. The summed E-state index contributed by atoms with van der Waals surface area (Å²) in [6.07, 6.45) is -1.44. The number of nitrogens with one attached hydrogen (secondary N) is 1. The fraction of sp³-hybridized carbons (Fsp3) is 0.267. The topological polar surface area (TPSA) is 34.2 Å². The number of nitrogens with zero attached hydrogens (tertiary/aromatic N) is 1. The number of aryl methyl sites for hydroxylation is 1. The van der Waals surface area contributed by atoms with E-state index in [0.29, 0.717) is 5.56 Å². The molecule has 1 heterocycles. The third kappa shape index (κ3) is 3.72. The van der Waals surface area contributed by atoms with Crippen LogP contribution in [0.15, 0.2) is 42.7 Å². The number of alkyl halides is 3. The van der Waals surface area contributed by atoms with Gasteiger partial charge in [-0.3, -0.25) is 4.98 Å². The molecule has 0 spiro atoms. The lowest BCUT2D eigenvalue weighted by atomic mass is 9.96. The van der Waals surface area contributed by atoms with Crippen molar-refractivity contribution in [1.82, 2.24) is 10.3 Å². The second-order valence-corrected chi connectivity index (χ2v) is 4.54. The lowest BCUT2D eigenvalue weighted by molar-refractivity contribution is -0.275. The Bertz CT molecular complexity index is 614. The number of pyridine rings is 1. The van der Waals surface area contributed by atoms with Crippen LogP contribution in [0.1, 0.15) is 22.7 Å². The minimum Gasteiger partial charge on any atom is -0.405 e. The van der Waals surface area contributed by atoms with E-state index >= 15 is 0 Å². The van der Waals surface area contributed by atoms with Crippen molar-refractivity contribution in [2.24, 2.45) is 0 Å². The number of benzene rings is 1. The van der Waals surface area contributed by atoms with Crippen molar-refractivity contribution >= 4 is 0 Å². The summed E-state index contributed by atoms with van der Waals surface area (Å²) in [5, 5.41) is 3.03. The van der Waals surface area contributed by atoms with Gasteiger partial charge in [-0.05, 0) is 37.2 Å². The zero-order chi connectivity index (χ0) is 15.5. The smallest absolute Gasteiger partial charge is 0.405 e. The Morgan fingerprint density at radius 3 is 2.48 bits per heavy atom. The predicted octanol–water partition coefficient (Wildman–Crippen LogP) is 3.60. The van der Waals surface area contributed by atoms with Crippen LogP contribution < -0.4 is 10.1 Å². The normalized spacial score (nSPS) is 13.0. The van der Waals surface area contributed by atoms with Gasteiger partial charge >= 0.3 is 6.36 Å². The molecule has 3 nitrogen and oxygen atoms in total. The Morgan fingerprint density at radius 2 is 1.86 bits per heavy atom. The van der Waals surface area contributed by atoms with Gasteiger partial charge in [0.05, 0.1) is 6.04 Å². The lowest BCUT2D eigenvalue weighted by Gasteiger charge is -2.22. The Labute approximate surface area is 120 Å². The van der Waals surface area contributed by atoms with Crippen molar-refractivity contribution in [2.45, 2.75) is 19.3 Å². The molecule has 0 saturated carbocycles. The number of hydrogen-bond acceptors (Lipinski definition) is 3. The number of rotatable bonds is 4. The predicted molar refractivity (Wildman–Crippen MR) is 73.0 cm³/mol. The fourth-order valence-corrected chi connectivity index (χ4v) is 2.22. The Kier molecular flexibility index (Phi) is 4.47. The number of ether oxygens (including phenoxy) is 1. The summed E-state index contributed by atoms with van der Waals surface area (Å²) in [5.41, 5.74) is 2.16. The first-order valence-corrected chi connectivity index (χ1v) is 6.35. The number of para-hydroxylation sites is 1. The summed E-state index contributed by atoms with van der Waals surface area (Å²) in [6.45, 7) is 1.86. The van der Waals surface area contributed by atoms with E-state index in [1.165, 1.54) is 12.1 Å². The first kappa shape index (κ1) is 15.3. The molecule has 0 aliphatic heterocycles. The number of hydrogen-bond donors (Lipinski definition) is 1. The lowest BCUT2D eigenvalue weighted by Crippen LogP contribution is -2.23. The molecular formula is C15H15F3N2O. The van der Waals surface area contributed by atoms with E-state index in [-0.39, 0.29) is 5.75 Å². The Hall–Kier alpha value is -2.08. The van der Waals surface area contributed by atoms with E-state index in [0.717, 1.165) is 11.1 Å². The van der Waals surface area contributed by atoms with Crippen LogP contribution in [0.5, 0.6) is 5.75 Å². The van der Waals surface area contributed by atoms with Crippen molar-refractivity contribution in [3.05, 3.63) is 59.4 Å². The van der Waals surface area contributed by atoms with E-state index in [2.05, 4.69) is 15.0 Å². The molecule has 0 fully saturated rings. The van der Waals surface area contributed by atoms with Gasteiger partial charge in [0, 0.05) is 18.0 Å². The number of halogens is 3. The van der Waals surface area contributed by atoms with Crippen LogP contribution in [0, 0.1) is 6.92 Å². The van der Waals surface area contributed by atoms with Crippen molar-refractivity contribution in [3.8, 4) is 5.75 Å². The third-order valence-electron chi connectivity index (χ3n) is 3.12. The average Bonchev–Trinajstić information content (AvgIpc) is 2.42. The maximum Gasteiger partial charge on any atom is 0.573 e. The summed E-state index contributed by atoms with van der Waals surface area (Å²) < 4.78 is 41.7. The van der Waals surface area contributed by atoms with Gasteiger partial charge in [0.1, 0.15) is 5.75 Å². The van der Waals surface area contributed by atoms with Crippen molar-refractivity contribution in [1.29, 1.82) is 0 Å². The minimum atomic E-state index is -4.72. The first-order valence-electron chi connectivity index (χ1n) is 6.35. The highest BCUT2D eigenvalue weighted by molar-refractivity contribution is 5.43. The van der Waals surface area contributed by atoms with Gasteiger partial charge < -0.3 is 10.1 Å². The van der Waals surface area contributed by atoms with Crippen molar-refractivity contribution in [2.75, 3.05) is 7.05 Å². The van der Waals surface area contributed by atoms with Crippen LogP contribution in [0.25, 0.3) is 0 Å². The fourth-order valence-electron chi connectivity index (χ4n) is 2.22. The SMILES string of the molecule is CNC(c1ccncc1C)c1ccccc1OC(F)(F)F. The van der Waals surface area contributed by atoms with Crippen molar-refractivity contribution < 1.29 is 17.9 Å². The molecule has 1 aromatic carbocycles. The van der Waals surface area contributed by atoms with Crippen molar-refractivity contribution in [3.63, 3.8) is 0 Å². The molecule has 0 radical (unpaired) electrons. The summed E-state index contributed by atoms with van der Waals surface area (Å²) in [4.78, 5) is 4.00. The third-order valence-corrected chi connectivity index (χ3v) is 3.12. The molecule has 1 N–H and O–H groups in total. The number of aromatic nitrogens is 1. The Morgan fingerprint density at radius 1 is 1.14 bits per heavy atom. The molecule has 1 unspecified atom stereocenters. The zero-order valence-corrected chi connectivity index (χ0v) is 11.6. The molecule has 112 valence electrons. The molecule has 2 aromatic rings.